The highest BCUT2D eigenvalue weighted by molar-refractivity contribution is 5.80. The second kappa shape index (κ2) is 8.52. The number of carbonyl (C=O) groups is 2. The second-order valence-corrected chi connectivity index (χ2v) is 7.33. The van der Waals surface area contributed by atoms with Gasteiger partial charge in [0.15, 0.2) is 0 Å². The molecule has 0 saturated carbocycles. The number of carboxylic acids is 1. The molecule has 1 aromatic heterocycles. The first kappa shape index (κ1) is 20.0. The number of aromatic nitrogens is 3. The summed E-state index contributed by atoms with van der Waals surface area (Å²) in [5.74, 6) is 0.382. The third-order valence-electron chi connectivity index (χ3n) is 5.12. The van der Waals surface area contributed by atoms with Crippen LogP contribution in [-0.2, 0) is 29.2 Å². The third kappa shape index (κ3) is 4.39. The van der Waals surface area contributed by atoms with E-state index in [2.05, 4.69) is 10.2 Å². The highest BCUT2D eigenvalue weighted by Crippen LogP contribution is 2.18. The van der Waals surface area contributed by atoms with Crippen LogP contribution in [0.25, 0.3) is 0 Å². The van der Waals surface area contributed by atoms with Gasteiger partial charge in [0, 0.05) is 13.1 Å². The zero-order valence-corrected chi connectivity index (χ0v) is 16.6. The highest BCUT2D eigenvalue weighted by atomic mass is 16.4. The van der Waals surface area contributed by atoms with Crippen LogP contribution in [0.4, 0.5) is 0 Å². The average molecular weight is 385 g/mol. The van der Waals surface area contributed by atoms with Crippen molar-refractivity contribution in [2.75, 3.05) is 13.1 Å². The molecule has 1 aliphatic rings. The Morgan fingerprint density at radius 2 is 1.93 bits per heavy atom. The Hall–Kier alpha value is -2.74. The van der Waals surface area contributed by atoms with E-state index in [0.29, 0.717) is 31.3 Å². The number of nitrogens with zero attached hydrogens (tertiary/aromatic N) is 5. The van der Waals surface area contributed by atoms with E-state index in [4.69, 9.17) is 0 Å². The van der Waals surface area contributed by atoms with Gasteiger partial charge in [0.05, 0.1) is 19.6 Å². The van der Waals surface area contributed by atoms with Crippen molar-refractivity contribution < 1.29 is 14.7 Å². The Bertz CT molecular complexity index is 846. The molecule has 8 heteroatoms. The molecule has 0 spiro atoms. The molecule has 1 aromatic carbocycles. The van der Waals surface area contributed by atoms with Gasteiger partial charge in [0.25, 0.3) is 0 Å². The van der Waals surface area contributed by atoms with E-state index in [9.17, 15) is 14.7 Å². The normalized spacial score (nSPS) is 16.6. The maximum Gasteiger partial charge on any atom is 0.322 e. The van der Waals surface area contributed by atoms with Crippen LogP contribution in [0.5, 0.6) is 0 Å². The molecule has 0 radical (unpaired) electrons. The van der Waals surface area contributed by atoms with Crippen molar-refractivity contribution in [1.82, 2.24) is 24.6 Å². The van der Waals surface area contributed by atoms with E-state index < -0.39 is 12.0 Å². The van der Waals surface area contributed by atoms with Crippen molar-refractivity contribution in [2.45, 2.75) is 52.9 Å². The minimum Gasteiger partial charge on any atom is -0.480 e. The molecule has 1 atom stereocenters. The van der Waals surface area contributed by atoms with Crippen molar-refractivity contribution in [1.29, 1.82) is 0 Å². The van der Waals surface area contributed by atoms with Crippen LogP contribution in [0.2, 0.25) is 0 Å². The maximum atomic E-state index is 13.0. The number of fused-ring (bicyclic) bond motifs is 1. The molecule has 2 aromatic rings. The quantitative estimate of drug-likeness (QED) is 0.778. The minimum absolute atomic E-state index is 0.0503. The first-order valence-corrected chi connectivity index (χ1v) is 9.58. The zero-order chi connectivity index (χ0) is 20.3. The summed E-state index contributed by atoms with van der Waals surface area (Å²) in [5, 5.41) is 17.8. The Balaban J connectivity index is 1.74. The number of aliphatic carboxylic acids is 1. The van der Waals surface area contributed by atoms with E-state index in [-0.39, 0.29) is 19.0 Å². The average Bonchev–Trinajstić information content (AvgIpc) is 3.02. The predicted octanol–water partition coefficient (Wildman–Crippen LogP) is 1.60. The van der Waals surface area contributed by atoms with Crippen LogP contribution >= 0.6 is 0 Å². The zero-order valence-electron chi connectivity index (χ0n) is 16.6. The summed E-state index contributed by atoms with van der Waals surface area (Å²) < 4.78 is 1.82. The van der Waals surface area contributed by atoms with Crippen molar-refractivity contribution in [3.05, 3.63) is 47.0 Å². The number of hydrogen-bond acceptors (Lipinski definition) is 5. The smallest absolute Gasteiger partial charge is 0.322 e. The number of carbonyl (C=O) groups excluding carboxylic acids is 1. The Labute approximate surface area is 164 Å². The van der Waals surface area contributed by atoms with Gasteiger partial charge in [-0.25, -0.2) is 0 Å². The number of aryl methyl sites for hydroxylation is 2. The molecule has 28 heavy (non-hydrogen) atoms. The second-order valence-electron chi connectivity index (χ2n) is 7.33. The number of benzene rings is 1. The van der Waals surface area contributed by atoms with Crippen molar-refractivity contribution in [2.24, 2.45) is 0 Å². The van der Waals surface area contributed by atoms with Crippen LogP contribution in [0.15, 0.2) is 24.3 Å². The molecule has 3 rings (SSSR count). The Morgan fingerprint density at radius 3 is 2.57 bits per heavy atom. The fourth-order valence-electron chi connectivity index (χ4n) is 3.51. The van der Waals surface area contributed by atoms with Crippen molar-refractivity contribution >= 4 is 11.9 Å². The highest BCUT2D eigenvalue weighted by Gasteiger charge is 2.35. The van der Waals surface area contributed by atoms with Crippen LogP contribution in [0.3, 0.4) is 0 Å². The summed E-state index contributed by atoms with van der Waals surface area (Å²) in [7, 11) is 0. The van der Waals surface area contributed by atoms with Crippen LogP contribution in [0.1, 0.15) is 36.1 Å². The lowest BCUT2D eigenvalue weighted by Crippen LogP contribution is -2.52. The summed E-state index contributed by atoms with van der Waals surface area (Å²) in [6.45, 7) is 7.62. The molecule has 150 valence electrons. The molecule has 0 fully saturated rings. The molecule has 0 saturated heterocycles. The SMILES string of the molecule is CCCN(Cc1ccc(C)cc1)C(=O)CN1Cc2nnc(C)n2CC1C(=O)O. The van der Waals surface area contributed by atoms with Gasteiger partial charge in [-0.1, -0.05) is 36.8 Å². The number of amides is 1. The summed E-state index contributed by atoms with van der Waals surface area (Å²) >= 11 is 0. The van der Waals surface area contributed by atoms with E-state index in [0.717, 1.165) is 12.0 Å². The molecule has 2 heterocycles. The lowest BCUT2D eigenvalue weighted by Gasteiger charge is -2.34. The molecule has 1 N–H and O–H groups in total. The Morgan fingerprint density at radius 1 is 1.21 bits per heavy atom. The van der Waals surface area contributed by atoms with Gasteiger partial charge in [-0.15, -0.1) is 10.2 Å². The molecular formula is C20H27N5O3. The fourth-order valence-corrected chi connectivity index (χ4v) is 3.51. The van der Waals surface area contributed by atoms with Crippen LogP contribution in [-0.4, -0.2) is 60.7 Å². The number of hydrogen-bond donors (Lipinski definition) is 1. The Kier molecular flexibility index (Phi) is 6.08. The maximum absolute atomic E-state index is 13.0. The fraction of sp³-hybridized carbons (Fsp3) is 0.500. The number of carboxylic acid groups (broad SMARTS) is 1. The van der Waals surface area contributed by atoms with Gasteiger partial charge in [0.2, 0.25) is 5.91 Å². The van der Waals surface area contributed by atoms with E-state index in [1.165, 1.54) is 5.56 Å². The molecule has 1 amide bonds. The van der Waals surface area contributed by atoms with E-state index in [1.54, 1.807) is 16.7 Å². The van der Waals surface area contributed by atoms with Crippen molar-refractivity contribution in [3.8, 4) is 0 Å². The van der Waals surface area contributed by atoms with Gasteiger partial charge in [-0.05, 0) is 25.8 Å². The molecule has 8 nitrogen and oxygen atoms in total. The molecule has 1 unspecified atom stereocenters. The van der Waals surface area contributed by atoms with Crippen molar-refractivity contribution in [3.63, 3.8) is 0 Å². The lowest BCUT2D eigenvalue weighted by molar-refractivity contribution is -0.147. The first-order chi connectivity index (χ1) is 13.4. The summed E-state index contributed by atoms with van der Waals surface area (Å²) in [6.07, 6.45) is 0.841. The van der Waals surface area contributed by atoms with Gasteiger partial charge in [-0.2, -0.15) is 0 Å². The van der Waals surface area contributed by atoms with Gasteiger partial charge in [-0.3, -0.25) is 14.5 Å². The van der Waals surface area contributed by atoms with E-state index >= 15 is 0 Å². The van der Waals surface area contributed by atoms with Crippen LogP contribution < -0.4 is 0 Å². The molecular weight excluding hydrogens is 358 g/mol. The molecule has 1 aliphatic heterocycles. The monoisotopic (exact) mass is 385 g/mol. The van der Waals surface area contributed by atoms with Gasteiger partial charge < -0.3 is 14.6 Å². The van der Waals surface area contributed by atoms with Crippen LogP contribution in [0, 0.1) is 13.8 Å². The summed E-state index contributed by atoms with van der Waals surface area (Å²) in [6, 6.07) is 7.34. The third-order valence-corrected chi connectivity index (χ3v) is 5.12. The molecule has 0 bridgehead atoms. The topological polar surface area (TPSA) is 91.6 Å². The van der Waals surface area contributed by atoms with Gasteiger partial charge in [0.1, 0.15) is 17.7 Å². The first-order valence-electron chi connectivity index (χ1n) is 9.58. The molecule has 0 aliphatic carbocycles. The van der Waals surface area contributed by atoms with E-state index in [1.807, 2.05) is 42.7 Å². The summed E-state index contributed by atoms with van der Waals surface area (Å²) in [5.41, 5.74) is 2.24. The minimum atomic E-state index is -0.938. The predicted molar refractivity (Wildman–Crippen MR) is 103 cm³/mol. The largest absolute Gasteiger partial charge is 0.480 e. The number of rotatable bonds is 7. The summed E-state index contributed by atoms with van der Waals surface area (Å²) in [4.78, 5) is 28.3. The lowest BCUT2D eigenvalue weighted by atomic mass is 10.1. The standard InChI is InChI=1S/C20H27N5O3/c1-4-9-23(10-16-7-5-14(2)6-8-16)19(26)13-24-12-18-22-21-15(3)25(18)11-17(24)20(27)28/h5-8,17H,4,9-13H2,1-3H3,(H,27,28). The van der Waals surface area contributed by atoms with Gasteiger partial charge >= 0.3 is 5.97 Å².